The minimum atomic E-state index is 0.602. The smallest absolute Gasteiger partial charge is 0.206 e. The molecular formula is C9H8BrN5S2. The fourth-order valence-electron chi connectivity index (χ4n) is 1.14. The molecular weight excluding hydrogens is 322 g/mol. The molecule has 5 nitrogen and oxygen atoms in total. The third-order valence-electron chi connectivity index (χ3n) is 2.09. The van der Waals surface area contributed by atoms with E-state index in [1.165, 1.54) is 35.9 Å². The Hall–Kier alpha value is -0.730. The van der Waals surface area contributed by atoms with Gasteiger partial charge in [0.05, 0.1) is 4.47 Å². The van der Waals surface area contributed by atoms with Gasteiger partial charge in [0, 0.05) is 18.4 Å². The lowest BCUT2D eigenvalue weighted by Crippen LogP contribution is -1.99. The van der Waals surface area contributed by atoms with Crippen LogP contribution in [0.2, 0.25) is 0 Å². The third-order valence-corrected chi connectivity index (χ3v) is 4.29. The van der Waals surface area contributed by atoms with E-state index in [0.717, 1.165) is 13.9 Å². The van der Waals surface area contributed by atoms with Gasteiger partial charge in [0.25, 0.3) is 0 Å². The lowest BCUT2D eigenvalue weighted by molar-refractivity contribution is 0.945. The first kappa shape index (κ1) is 11.4. The molecule has 2 aromatic rings. The van der Waals surface area contributed by atoms with E-state index in [9.17, 15) is 0 Å². The van der Waals surface area contributed by atoms with Gasteiger partial charge in [-0.05, 0) is 40.5 Å². The van der Waals surface area contributed by atoms with Gasteiger partial charge in [-0.2, -0.15) is 0 Å². The molecule has 2 heterocycles. The predicted molar refractivity (Wildman–Crippen MR) is 70.4 cm³/mol. The van der Waals surface area contributed by atoms with Crippen LogP contribution in [0.1, 0.15) is 12.8 Å². The molecule has 3 rings (SSSR count). The van der Waals surface area contributed by atoms with Crippen LogP contribution in [-0.4, -0.2) is 26.2 Å². The summed E-state index contributed by atoms with van der Waals surface area (Å²) in [5, 5.41) is 13.1. The zero-order valence-electron chi connectivity index (χ0n) is 8.63. The number of nitrogens with one attached hydrogen (secondary N) is 1. The highest BCUT2D eigenvalue weighted by molar-refractivity contribution is 9.10. The summed E-state index contributed by atoms with van der Waals surface area (Å²) >= 11 is 6.26. The highest BCUT2D eigenvalue weighted by atomic mass is 79.9. The maximum atomic E-state index is 4.18. The number of nitrogens with zero attached hydrogens (tertiary/aromatic N) is 4. The number of rotatable bonds is 4. The number of aromatic nitrogens is 4. The van der Waals surface area contributed by atoms with E-state index in [1.807, 2.05) is 0 Å². The quantitative estimate of drug-likeness (QED) is 0.870. The Morgan fingerprint density at radius 2 is 2.06 bits per heavy atom. The fraction of sp³-hybridized carbons (Fsp3) is 0.333. The zero-order chi connectivity index (χ0) is 11.7. The van der Waals surface area contributed by atoms with Crippen LogP contribution in [0.5, 0.6) is 0 Å². The van der Waals surface area contributed by atoms with Gasteiger partial charge in [-0.3, -0.25) is 0 Å². The van der Waals surface area contributed by atoms with Crippen LogP contribution in [0.15, 0.2) is 26.4 Å². The van der Waals surface area contributed by atoms with Crippen LogP contribution >= 0.6 is 39.0 Å². The topological polar surface area (TPSA) is 63.6 Å². The van der Waals surface area contributed by atoms with Gasteiger partial charge in [0.1, 0.15) is 0 Å². The van der Waals surface area contributed by atoms with Crippen molar-refractivity contribution in [3.8, 4) is 0 Å². The Labute approximate surface area is 115 Å². The average molecular weight is 330 g/mol. The summed E-state index contributed by atoms with van der Waals surface area (Å²) in [5.74, 6) is 0. The Balaban J connectivity index is 1.67. The molecule has 0 saturated heterocycles. The molecule has 0 bridgehead atoms. The largest absolute Gasteiger partial charge is 0.357 e. The molecule has 2 aromatic heterocycles. The van der Waals surface area contributed by atoms with Crippen molar-refractivity contribution in [1.82, 2.24) is 20.2 Å². The van der Waals surface area contributed by atoms with Crippen molar-refractivity contribution in [2.45, 2.75) is 28.4 Å². The van der Waals surface area contributed by atoms with Gasteiger partial charge in [-0.1, -0.05) is 11.3 Å². The van der Waals surface area contributed by atoms with Gasteiger partial charge >= 0.3 is 0 Å². The second-order valence-electron chi connectivity index (χ2n) is 3.58. The number of hydrogen-bond donors (Lipinski definition) is 1. The first-order valence-corrected chi connectivity index (χ1v) is 7.47. The minimum Gasteiger partial charge on any atom is -0.357 e. The highest BCUT2D eigenvalue weighted by Gasteiger charge is 2.22. The van der Waals surface area contributed by atoms with Crippen molar-refractivity contribution >= 4 is 44.2 Å². The molecule has 88 valence electrons. The molecule has 0 spiro atoms. The molecule has 0 radical (unpaired) electrons. The summed E-state index contributed by atoms with van der Waals surface area (Å²) in [6.07, 6.45) is 5.91. The van der Waals surface area contributed by atoms with Crippen LogP contribution in [0.3, 0.4) is 0 Å². The van der Waals surface area contributed by atoms with Crippen molar-refractivity contribution in [3.63, 3.8) is 0 Å². The van der Waals surface area contributed by atoms with Gasteiger partial charge in [0.15, 0.2) is 9.50 Å². The van der Waals surface area contributed by atoms with Crippen LogP contribution in [0, 0.1) is 0 Å². The Morgan fingerprint density at radius 3 is 2.76 bits per heavy atom. The first-order valence-electron chi connectivity index (χ1n) is 5.05. The summed E-state index contributed by atoms with van der Waals surface area (Å²) in [7, 11) is 0. The van der Waals surface area contributed by atoms with E-state index in [2.05, 4.69) is 41.4 Å². The number of hydrogen-bond acceptors (Lipinski definition) is 7. The van der Waals surface area contributed by atoms with Crippen molar-refractivity contribution in [1.29, 1.82) is 0 Å². The molecule has 17 heavy (non-hydrogen) atoms. The highest BCUT2D eigenvalue weighted by Crippen LogP contribution is 2.32. The summed E-state index contributed by atoms with van der Waals surface area (Å²) < 4.78 is 1.73. The summed E-state index contributed by atoms with van der Waals surface area (Å²) in [4.78, 5) is 8.36. The summed E-state index contributed by atoms with van der Waals surface area (Å²) in [5.41, 5.74) is 0. The summed E-state index contributed by atoms with van der Waals surface area (Å²) in [6.45, 7) is 0. The Bertz CT molecular complexity index is 510. The van der Waals surface area contributed by atoms with E-state index in [-0.39, 0.29) is 0 Å². The summed E-state index contributed by atoms with van der Waals surface area (Å²) in [6, 6.07) is 0.602. The monoisotopic (exact) mass is 329 g/mol. The van der Waals surface area contributed by atoms with E-state index in [0.29, 0.717) is 11.2 Å². The van der Waals surface area contributed by atoms with Gasteiger partial charge in [-0.15, -0.1) is 10.2 Å². The van der Waals surface area contributed by atoms with E-state index in [4.69, 9.17) is 0 Å². The standard InChI is InChI=1S/C9H8BrN5S2/c10-5-3-11-7(12-4-5)16-9-15-14-8(17-9)13-6-1-2-6/h3-4,6H,1-2H2,(H,13,14). The third kappa shape index (κ3) is 3.14. The minimum absolute atomic E-state index is 0.602. The molecule has 0 amide bonds. The lowest BCUT2D eigenvalue weighted by Gasteiger charge is -1.95. The molecule has 0 atom stereocenters. The van der Waals surface area contributed by atoms with Crippen molar-refractivity contribution in [3.05, 3.63) is 16.9 Å². The Morgan fingerprint density at radius 1 is 1.29 bits per heavy atom. The molecule has 0 unspecified atom stereocenters. The molecule has 8 heteroatoms. The molecule has 0 aliphatic heterocycles. The van der Waals surface area contributed by atoms with Crippen LogP contribution in [0.4, 0.5) is 5.13 Å². The molecule has 1 saturated carbocycles. The maximum Gasteiger partial charge on any atom is 0.206 e. The van der Waals surface area contributed by atoms with E-state index < -0.39 is 0 Å². The molecule has 1 N–H and O–H groups in total. The Kier molecular flexibility index (Phi) is 3.26. The second-order valence-corrected chi connectivity index (χ2v) is 6.69. The van der Waals surface area contributed by atoms with Crippen molar-refractivity contribution in [2.75, 3.05) is 5.32 Å². The first-order chi connectivity index (χ1) is 8.29. The number of halogens is 1. The van der Waals surface area contributed by atoms with Crippen LogP contribution in [-0.2, 0) is 0 Å². The maximum absolute atomic E-state index is 4.18. The van der Waals surface area contributed by atoms with E-state index in [1.54, 1.807) is 12.4 Å². The fourth-order valence-corrected chi connectivity index (χ4v) is 2.98. The zero-order valence-corrected chi connectivity index (χ0v) is 11.8. The SMILES string of the molecule is Brc1cnc(Sc2nnc(NC3CC3)s2)nc1. The van der Waals surface area contributed by atoms with Gasteiger partial charge in [0.2, 0.25) is 5.13 Å². The van der Waals surface area contributed by atoms with Gasteiger partial charge in [-0.25, -0.2) is 9.97 Å². The average Bonchev–Trinajstić information content (AvgIpc) is 3.02. The molecule has 1 fully saturated rings. The number of anilines is 1. The normalized spacial score (nSPS) is 14.9. The molecule has 1 aliphatic rings. The molecule has 0 aromatic carbocycles. The van der Waals surface area contributed by atoms with Crippen LogP contribution in [0.25, 0.3) is 0 Å². The van der Waals surface area contributed by atoms with Crippen molar-refractivity contribution < 1.29 is 0 Å². The second kappa shape index (κ2) is 4.87. The lowest BCUT2D eigenvalue weighted by atomic mass is 10.7. The van der Waals surface area contributed by atoms with Crippen LogP contribution < -0.4 is 5.32 Å². The molecule has 1 aliphatic carbocycles. The predicted octanol–water partition coefficient (Wildman–Crippen LogP) is 2.82. The van der Waals surface area contributed by atoms with Gasteiger partial charge < -0.3 is 5.32 Å². The van der Waals surface area contributed by atoms with Crippen molar-refractivity contribution in [2.24, 2.45) is 0 Å². The van der Waals surface area contributed by atoms with E-state index >= 15 is 0 Å².